The summed E-state index contributed by atoms with van der Waals surface area (Å²) in [5.74, 6) is -3.40. The molecule has 114 valence electrons. The second-order valence-electron chi connectivity index (χ2n) is 3.98. The Hall–Kier alpha value is -2.51. The van der Waals surface area contributed by atoms with Crippen molar-refractivity contribution >= 4 is 18.4 Å². The van der Waals surface area contributed by atoms with Crippen LogP contribution < -0.4 is 4.74 Å². The Labute approximate surface area is 118 Å². The molecule has 0 fully saturated rings. The molecular formula is C13H12F2O6. The second kappa shape index (κ2) is 7.32. The summed E-state index contributed by atoms with van der Waals surface area (Å²) >= 11 is 0. The van der Waals surface area contributed by atoms with Crippen molar-refractivity contribution in [3.63, 3.8) is 0 Å². The fraction of sp³-hybridized carbons (Fsp3) is 0.308. The van der Waals surface area contributed by atoms with Crippen molar-refractivity contribution in [2.75, 3.05) is 7.11 Å². The first-order valence-electron chi connectivity index (χ1n) is 5.76. The lowest BCUT2D eigenvalue weighted by molar-refractivity contribution is -0.142. The van der Waals surface area contributed by atoms with E-state index in [0.29, 0.717) is 12.1 Å². The summed E-state index contributed by atoms with van der Waals surface area (Å²) in [4.78, 5) is 32.7. The van der Waals surface area contributed by atoms with Crippen LogP contribution in [-0.4, -0.2) is 31.6 Å². The standard InChI is InChI=1S/C13H12F2O6/c1-7(3-12(17)19-2)20-13(18)21-8-4-10(14)9(6-16)11(15)5-8/h4-7H,3H2,1-2H3. The molecule has 0 aliphatic carbocycles. The number of aldehydes is 1. The minimum Gasteiger partial charge on any atom is -0.469 e. The number of rotatable bonds is 5. The summed E-state index contributed by atoms with van der Waals surface area (Å²) in [7, 11) is 1.17. The van der Waals surface area contributed by atoms with Gasteiger partial charge in [-0.2, -0.15) is 0 Å². The molecule has 0 bridgehead atoms. The van der Waals surface area contributed by atoms with Gasteiger partial charge in [-0.15, -0.1) is 0 Å². The fourth-order valence-corrected chi connectivity index (χ4v) is 1.38. The monoisotopic (exact) mass is 302 g/mol. The van der Waals surface area contributed by atoms with Crippen molar-refractivity contribution in [2.45, 2.75) is 19.4 Å². The number of carbonyl (C=O) groups is 3. The summed E-state index contributed by atoms with van der Waals surface area (Å²) in [6.07, 6.45) is -2.28. The van der Waals surface area contributed by atoms with Crippen molar-refractivity contribution in [3.05, 3.63) is 29.3 Å². The molecular weight excluding hydrogens is 290 g/mol. The van der Waals surface area contributed by atoms with Gasteiger partial charge in [0, 0.05) is 12.1 Å². The normalized spacial score (nSPS) is 11.4. The summed E-state index contributed by atoms with van der Waals surface area (Å²) < 4.78 is 40.2. The molecule has 0 saturated carbocycles. The maximum atomic E-state index is 13.3. The van der Waals surface area contributed by atoms with Crippen LogP contribution in [0, 0.1) is 11.6 Å². The van der Waals surface area contributed by atoms with Crippen LogP contribution >= 0.6 is 0 Å². The van der Waals surface area contributed by atoms with E-state index >= 15 is 0 Å². The lowest BCUT2D eigenvalue weighted by atomic mass is 10.2. The van der Waals surface area contributed by atoms with Crippen LogP contribution in [0.3, 0.4) is 0 Å². The Bertz CT molecular complexity index is 535. The number of ether oxygens (including phenoxy) is 3. The highest BCUT2D eigenvalue weighted by molar-refractivity contribution is 5.76. The number of benzene rings is 1. The van der Waals surface area contributed by atoms with E-state index < -0.39 is 41.2 Å². The average molecular weight is 302 g/mol. The molecule has 0 saturated heterocycles. The molecule has 0 aliphatic heterocycles. The Kier molecular flexibility index (Phi) is 5.77. The summed E-state index contributed by atoms with van der Waals surface area (Å²) in [5.41, 5.74) is -0.769. The Morgan fingerprint density at radius 3 is 2.33 bits per heavy atom. The molecule has 1 aromatic rings. The number of methoxy groups -OCH3 is 1. The molecule has 8 heteroatoms. The summed E-state index contributed by atoms with van der Waals surface area (Å²) in [6, 6.07) is 1.33. The van der Waals surface area contributed by atoms with Crippen molar-refractivity contribution in [2.24, 2.45) is 0 Å². The van der Waals surface area contributed by atoms with Gasteiger partial charge in [0.05, 0.1) is 19.1 Å². The van der Waals surface area contributed by atoms with Gasteiger partial charge in [-0.25, -0.2) is 13.6 Å². The molecule has 1 rings (SSSR count). The van der Waals surface area contributed by atoms with E-state index in [1.807, 2.05) is 0 Å². The first-order chi connectivity index (χ1) is 9.87. The largest absolute Gasteiger partial charge is 0.514 e. The van der Waals surface area contributed by atoms with Gasteiger partial charge >= 0.3 is 12.1 Å². The third kappa shape index (κ3) is 4.83. The highest BCUT2D eigenvalue weighted by Crippen LogP contribution is 2.20. The van der Waals surface area contributed by atoms with Gasteiger partial charge in [0.15, 0.2) is 6.29 Å². The van der Waals surface area contributed by atoms with Crippen molar-refractivity contribution in [1.29, 1.82) is 0 Å². The average Bonchev–Trinajstić information content (AvgIpc) is 2.37. The number of hydrogen-bond donors (Lipinski definition) is 0. The second-order valence-corrected chi connectivity index (χ2v) is 3.98. The molecule has 0 aromatic heterocycles. The van der Waals surface area contributed by atoms with Gasteiger partial charge in [0.25, 0.3) is 0 Å². The zero-order valence-electron chi connectivity index (χ0n) is 11.2. The van der Waals surface area contributed by atoms with E-state index in [9.17, 15) is 23.2 Å². The van der Waals surface area contributed by atoms with E-state index in [2.05, 4.69) is 14.2 Å². The highest BCUT2D eigenvalue weighted by Gasteiger charge is 2.18. The minimum atomic E-state index is -1.25. The quantitative estimate of drug-likeness (QED) is 0.471. The van der Waals surface area contributed by atoms with Crippen LogP contribution in [0.4, 0.5) is 13.6 Å². The molecule has 0 N–H and O–H groups in total. The van der Waals surface area contributed by atoms with Crippen LogP contribution in [0.15, 0.2) is 12.1 Å². The van der Waals surface area contributed by atoms with Crippen molar-refractivity contribution < 1.29 is 37.4 Å². The van der Waals surface area contributed by atoms with E-state index in [-0.39, 0.29) is 12.7 Å². The lowest BCUT2D eigenvalue weighted by Gasteiger charge is -2.12. The molecule has 0 amide bonds. The van der Waals surface area contributed by atoms with Gasteiger partial charge < -0.3 is 14.2 Å². The van der Waals surface area contributed by atoms with Crippen LogP contribution in [-0.2, 0) is 14.3 Å². The van der Waals surface area contributed by atoms with Crippen molar-refractivity contribution in [1.82, 2.24) is 0 Å². The van der Waals surface area contributed by atoms with E-state index in [0.717, 1.165) is 0 Å². The first-order valence-corrected chi connectivity index (χ1v) is 5.76. The van der Waals surface area contributed by atoms with Crippen LogP contribution in [0.2, 0.25) is 0 Å². The number of carbonyl (C=O) groups excluding carboxylic acids is 3. The van der Waals surface area contributed by atoms with Crippen LogP contribution in [0.25, 0.3) is 0 Å². The number of esters is 1. The van der Waals surface area contributed by atoms with Gasteiger partial charge in [0.1, 0.15) is 23.5 Å². The smallest absolute Gasteiger partial charge is 0.469 e. The molecule has 0 spiro atoms. The van der Waals surface area contributed by atoms with E-state index in [1.165, 1.54) is 14.0 Å². The Balaban J connectivity index is 2.67. The topological polar surface area (TPSA) is 78.9 Å². The molecule has 0 radical (unpaired) electrons. The molecule has 21 heavy (non-hydrogen) atoms. The third-order valence-corrected chi connectivity index (χ3v) is 2.35. The predicted molar refractivity (Wildman–Crippen MR) is 64.9 cm³/mol. The maximum absolute atomic E-state index is 13.3. The Morgan fingerprint density at radius 1 is 1.29 bits per heavy atom. The van der Waals surface area contributed by atoms with Crippen molar-refractivity contribution in [3.8, 4) is 5.75 Å². The molecule has 0 heterocycles. The fourth-order valence-electron chi connectivity index (χ4n) is 1.38. The van der Waals surface area contributed by atoms with E-state index in [4.69, 9.17) is 0 Å². The van der Waals surface area contributed by atoms with Gasteiger partial charge in [-0.1, -0.05) is 0 Å². The highest BCUT2D eigenvalue weighted by atomic mass is 19.1. The number of hydrogen-bond acceptors (Lipinski definition) is 6. The van der Waals surface area contributed by atoms with Gasteiger partial charge in [0.2, 0.25) is 0 Å². The minimum absolute atomic E-state index is 0.00516. The van der Waals surface area contributed by atoms with Crippen LogP contribution in [0.1, 0.15) is 23.7 Å². The van der Waals surface area contributed by atoms with Crippen LogP contribution in [0.5, 0.6) is 5.75 Å². The molecule has 1 unspecified atom stereocenters. The third-order valence-electron chi connectivity index (χ3n) is 2.35. The molecule has 1 aromatic carbocycles. The maximum Gasteiger partial charge on any atom is 0.514 e. The lowest BCUT2D eigenvalue weighted by Crippen LogP contribution is -2.21. The zero-order chi connectivity index (χ0) is 16.0. The summed E-state index contributed by atoms with van der Waals surface area (Å²) in [6.45, 7) is 1.41. The molecule has 0 aliphatic rings. The van der Waals surface area contributed by atoms with Gasteiger partial charge in [-0.05, 0) is 6.92 Å². The Morgan fingerprint density at radius 2 is 1.86 bits per heavy atom. The first kappa shape index (κ1) is 16.5. The zero-order valence-corrected chi connectivity index (χ0v) is 11.2. The van der Waals surface area contributed by atoms with Gasteiger partial charge in [-0.3, -0.25) is 9.59 Å². The molecule has 6 nitrogen and oxygen atoms in total. The number of halogens is 2. The SMILES string of the molecule is COC(=O)CC(C)OC(=O)Oc1cc(F)c(C=O)c(F)c1. The van der Waals surface area contributed by atoms with E-state index in [1.54, 1.807) is 0 Å². The molecule has 1 atom stereocenters. The summed E-state index contributed by atoms with van der Waals surface area (Å²) in [5, 5.41) is 0. The predicted octanol–water partition coefficient (Wildman–Crippen LogP) is 2.24.